The van der Waals surface area contributed by atoms with E-state index in [2.05, 4.69) is 13.8 Å². The lowest BCUT2D eigenvalue weighted by atomic mass is 9.91. The summed E-state index contributed by atoms with van der Waals surface area (Å²) in [7, 11) is 0. The second kappa shape index (κ2) is 8.99. The summed E-state index contributed by atoms with van der Waals surface area (Å²) in [6.07, 6.45) is 1.65. The molecule has 0 unspecified atom stereocenters. The molecule has 4 nitrogen and oxygen atoms in total. The van der Waals surface area contributed by atoms with Gasteiger partial charge in [-0.2, -0.15) is 0 Å². The molecule has 0 spiro atoms. The van der Waals surface area contributed by atoms with Crippen LogP contribution in [0.1, 0.15) is 51.7 Å². The van der Waals surface area contributed by atoms with Gasteiger partial charge in [0.05, 0.1) is 0 Å². The lowest BCUT2D eigenvalue weighted by molar-refractivity contribution is -0.132. The minimum absolute atomic E-state index is 0.339. The Balaban J connectivity index is 2.51. The molecule has 0 aromatic heterocycles. The Bertz CT molecular complexity index is 764. The number of rotatable bonds is 6. The number of carbonyl (C=O) groups excluding carboxylic acids is 2. The van der Waals surface area contributed by atoms with Gasteiger partial charge in [-0.15, -0.1) is 0 Å². The van der Waals surface area contributed by atoms with Crippen LogP contribution >= 0.6 is 0 Å². The topological polar surface area (TPSA) is 52.6 Å². The molecule has 0 heterocycles. The van der Waals surface area contributed by atoms with E-state index in [4.69, 9.17) is 9.47 Å². The van der Waals surface area contributed by atoms with Gasteiger partial charge < -0.3 is 9.47 Å². The van der Waals surface area contributed by atoms with Crippen molar-refractivity contribution in [3.05, 3.63) is 59.7 Å². The number of carbonyl (C=O) groups is 2. The van der Waals surface area contributed by atoms with Crippen molar-refractivity contribution in [3.63, 3.8) is 0 Å². The molecule has 0 N–H and O–H groups in total. The molecule has 2 rings (SSSR count). The number of ether oxygens (including phenoxy) is 2. The fourth-order valence-corrected chi connectivity index (χ4v) is 3.01. The van der Waals surface area contributed by atoms with Gasteiger partial charge in [0.2, 0.25) is 0 Å². The Morgan fingerprint density at radius 3 is 1.42 bits per heavy atom. The largest absolute Gasteiger partial charge is 0.427 e. The van der Waals surface area contributed by atoms with Gasteiger partial charge in [-0.05, 0) is 59.4 Å². The Morgan fingerprint density at radius 1 is 0.731 bits per heavy atom. The molecule has 4 heteroatoms. The van der Waals surface area contributed by atoms with Crippen LogP contribution in [0.4, 0.5) is 0 Å². The van der Waals surface area contributed by atoms with Gasteiger partial charge in [0.25, 0.3) is 0 Å². The maximum atomic E-state index is 11.2. The van der Waals surface area contributed by atoms with E-state index >= 15 is 0 Å². The molecule has 2 aromatic carbocycles. The third-order valence-corrected chi connectivity index (χ3v) is 3.96. The van der Waals surface area contributed by atoms with Crippen LogP contribution in [0, 0.1) is 0 Å². The van der Waals surface area contributed by atoms with Gasteiger partial charge in [0.15, 0.2) is 0 Å². The molecule has 136 valence electrons. The Labute approximate surface area is 154 Å². The molecule has 0 bridgehead atoms. The predicted molar refractivity (Wildman–Crippen MR) is 103 cm³/mol. The van der Waals surface area contributed by atoms with Gasteiger partial charge in [-0.3, -0.25) is 9.59 Å². The third-order valence-electron chi connectivity index (χ3n) is 3.96. The molecule has 0 atom stereocenters. The zero-order chi connectivity index (χ0) is 19.1. The van der Waals surface area contributed by atoms with Crippen LogP contribution in [-0.4, -0.2) is 11.9 Å². The molecule has 0 aliphatic rings. The van der Waals surface area contributed by atoms with E-state index < -0.39 is 0 Å². The van der Waals surface area contributed by atoms with Crippen molar-refractivity contribution < 1.29 is 19.1 Å². The highest BCUT2D eigenvalue weighted by molar-refractivity contribution is 5.91. The van der Waals surface area contributed by atoms with Crippen molar-refractivity contribution in [1.82, 2.24) is 0 Å². The summed E-state index contributed by atoms with van der Waals surface area (Å²) in [6, 6.07) is 15.1. The van der Waals surface area contributed by atoms with Crippen molar-refractivity contribution in [1.29, 1.82) is 0 Å². The van der Waals surface area contributed by atoms with Crippen molar-refractivity contribution in [2.24, 2.45) is 0 Å². The summed E-state index contributed by atoms with van der Waals surface area (Å²) in [4.78, 5) is 22.5. The minimum atomic E-state index is -0.339. The molecule has 0 aliphatic heterocycles. The second-order valence-corrected chi connectivity index (χ2v) is 5.91. The Hall–Kier alpha value is -2.88. The average molecular weight is 352 g/mol. The number of hydrogen-bond acceptors (Lipinski definition) is 4. The molecule has 0 fully saturated rings. The summed E-state index contributed by atoms with van der Waals surface area (Å²) >= 11 is 0. The number of esters is 2. The van der Waals surface area contributed by atoms with E-state index in [1.807, 2.05) is 36.4 Å². The van der Waals surface area contributed by atoms with Gasteiger partial charge in [-0.1, -0.05) is 38.1 Å². The highest BCUT2D eigenvalue weighted by Gasteiger charge is 2.11. The monoisotopic (exact) mass is 352 g/mol. The molecule has 0 radical (unpaired) electrons. The SMILES string of the molecule is CC/C(=C(/CC)c1cccc(OC(C)=O)c1)c1cccc(OC(C)=O)c1. The highest BCUT2D eigenvalue weighted by atomic mass is 16.5. The van der Waals surface area contributed by atoms with Crippen LogP contribution in [0.5, 0.6) is 11.5 Å². The van der Waals surface area contributed by atoms with Crippen LogP contribution in [0.3, 0.4) is 0 Å². The lowest BCUT2D eigenvalue weighted by Gasteiger charge is -2.15. The Kier molecular flexibility index (Phi) is 6.73. The van der Waals surface area contributed by atoms with E-state index in [0.717, 1.165) is 24.0 Å². The minimum Gasteiger partial charge on any atom is -0.427 e. The van der Waals surface area contributed by atoms with Crippen LogP contribution in [0.15, 0.2) is 48.5 Å². The maximum Gasteiger partial charge on any atom is 0.308 e. The molecule has 0 saturated carbocycles. The smallest absolute Gasteiger partial charge is 0.308 e. The molecule has 0 saturated heterocycles. The van der Waals surface area contributed by atoms with Gasteiger partial charge >= 0.3 is 11.9 Å². The van der Waals surface area contributed by atoms with E-state index in [9.17, 15) is 9.59 Å². The van der Waals surface area contributed by atoms with Crippen LogP contribution in [0.2, 0.25) is 0 Å². The van der Waals surface area contributed by atoms with Crippen LogP contribution in [-0.2, 0) is 9.59 Å². The van der Waals surface area contributed by atoms with E-state index in [-0.39, 0.29) is 11.9 Å². The third kappa shape index (κ3) is 5.06. The molecular formula is C22H24O4. The number of allylic oxidation sites excluding steroid dienone is 2. The zero-order valence-corrected chi connectivity index (χ0v) is 15.7. The van der Waals surface area contributed by atoms with Gasteiger partial charge in [0, 0.05) is 13.8 Å². The Morgan fingerprint density at radius 2 is 1.12 bits per heavy atom. The summed E-state index contributed by atoms with van der Waals surface area (Å²) in [5, 5.41) is 0. The maximum absolute atomic E-state index is 11.2. The summed E-state index contributed by atoms with van der Waals surface area (Å²) in [5.41, 5.74) is 4.37. The number of benzene rings is 2. The molecule has 26 heavy (non-hydrogen) atoms. The first-order chi connectivity index (χ1) is 12.4. The fourth-order valence-electron chi connectivity index (χ4n) is 3.01. The first kappa shape index (κ1) is 19.4. The standard InChI is InChI=1S/C22H24O4/c1-5-21(17-9-7-11-19(13-17)25-15(3)23)22(6-2)18-10-8-12-20(14-18)26-16(4)24/h7-14H,5-6H2,1-4H3/b22-21+. The van der Waals surface area contributed by atoms with Crippen LogP contribution < -0.4 is 9.47 Å². The molecule has 0 aliphatic carbocycles. The lowest BCUT2D eigenvalue weighted by Crippen LogP contribution is -2.02. The summed E-state index contributed by atoms with van der Waals surface area (Å²) < 4.78 is 10.4. The quantitative estimate of drug-likeness (QED) is 0.404. The first-order valence-electron chi connectivity index (χ1n) is 8.74. The molecule has 2 aromatic rings. The zero-order valence-electron chi connectivity index (χ0n) is 15.7. The van der Waals surface area contributed by atoms with E-state index in [1.54, 1.807) is 12.1 Å². The first-order valence-corrected chi connectivity index (χ1v) is 8.74. The predicted octanol–water partition coefficient (Wildman–Crippen LogP) is 5.27. The van der Waals surface area contributed by atoms with Crippen molar-refractivity contribution >= 4 is 23.1 Å². The highest BCUT2D eigenvalue weighted by Crippen LogP contribution is 2.34. The van der Waals surface area contributed by atoms with E-state index in [0.29, 0.717) is 11.5 Å². The number of hydrogen-bond donors (Lipinski definition) is 0. The van der Waals surface area contributed by atoms with Gasteiger partial charge in [0.1, 0.15) is 11.5 Å². The van der Waals surface area contributed by atoms with Crippen molar-refractivity contribution in [3.8, 4) is 11.5 Å². The summed E-state index contributed by atoms with van der Waals surface area (Å²) in [5.74, 6) is 0.387. The van der Waals surface area contributed by atoms with Gasteiger partial charge in [-0.25, -0.2) is 0 Å². The van der Waals surface area contributed by atoms with Crippen molar-refractivity contribution in [2.75, 3.05) is 0 Å². The summed E-state index contributed by atoms with van der Waals surface area (Å²) in [6.45, 7) is 6.97. The van der Waals surface area contributed by atoms with E-state index in [1.165, 1.54) is 25.0 Å². The van der Waals surface area contributed by atoms with Crippen molar-refractivity contribution in [2.45, 2.75) is 40.5 Å². The normalized spacial score (nSPS) is 11.5. The molecular weight excluding hydrogens is 328 g/mol. The van der Waals surface area contributed by atoms with Crippen LogP contribution in [0.25, 0.3) is 11.1 Å². The molecule has 0 amide bonds. The second-order valence-electron chi connectivity index (χ2n) is 5.91. The average Bonchev–Trinajstić information content (AvgIpc) is 2.58. The fraction of sp³-hybridized carbons (Fsp3) is 0.273.